The first-order valence-electron chi connectivity index (χ1n) is 25.8. The SMILES string of the molecule is CN1C(c2ccccc2)=NC(C2=CCC=C=C2)N(C)C1C1C=C(c2nc(C3=CCCC=C3)nc(-c3ccccc3)n2)C(N2C3=C(CCC=C3)C3C=Cc4c(c5c(n4C4C=CC=CC4)CCC=C5)C32)CC1. The van der Waals surface area contributed by atoms with E-state index in [4.69, 9.17) is 19.9 Å². The van der Waals surface area contributed by atoms with Crippen LogP contribution in [-0.4, -0.2) is 72.5 Å². The highest BCUT2D eigenvalue weighted by atomic mass is 15.4. The molecule has 7 unspecified atom stereocenters. The van der Waals surface area contributed by atoms with Gasteiger partial charge in [-0.3, -0.25) is 4.90 Å². The predicted molar refractivity (Wildman–Crippen MR) is 284 cm³/mol. The molecular formula is C62H60N8. The molecule has 7 atom stereocenters. The average molecular weight is 917 g/mol. The fraction of sp³-hybridized carbons (Fsp3) is 0.306. The Kier molecular flexibility index (Phi) is 11.0. The summed E-state index contributed by atoms with van der Waals surface area (Å²) in [4.78, 5) is 29.8. The Bertz CT molecular complexity index is 3180. The van der Waals surface area contributed by atoms with Crippen LogP contribution in [0.25, 0.3) is 34.7 Å². The number of hydrogen-bond donors (Lipinski definition) is 0. The van der Waals surface area contributed by atoms with Crippen molar-refractivity contribution >= 4 is 29.1 Å². The maximum Gasteiger partial charge on any atom is 0.164 e. The number of benzene rings is 2. The summed E-state index contributed by atoms with van der Waals surface area (Å²) in [6.07, 6.45) is 49.8. The van der Waals surface area contributed by atoms with Gasteiger partial charge in [-0.15, -0.1) is 5.73 Å². The lowest BCUT2D eigenvalue weighted by molar-refractivity contribution is 0.0499. The second-order valence-corrected chi connectivity index (χ2v) is 20.2. The van der Waals surface area contributed by atoms with Crippen LogP contribution in [0.4, 0.5) is 0 Å². The van der Waals surface area contributed by atoms with Crippen molar-refractivity contribution in [2.45, 2.75) is 94.7 Å². The molecule has 0 spiro atoms. The zero-order valence-corrected chi connectivity index (χ0v) is 40.3. The van der Waals surface area contributed by atoms with Gasteiger partial charge in [0.05, 0.1) is 24.3 Å². The Labute approximate surface area is 412 Å². The first-order valence-corrected chi connectivity index (χ1v) is 25.8. The number of hydrogen-bond acceptors (Lipinski definition) is 7. The molecule has 4 aromatic rings. The summed E-state index contributed by atoms with van der Waals surface area (Å²) in [6, 6.07) is 21.7. The normalized spacial score (nSPS) is 27.5. The number of aliphatic imine (C=N–C) groups is 1. The van der Waals surface area contributed by atoms with E-state index in [1.54, 1.807) is 5.57 Å². The topological polar surface area (TPSA) is 65.7 Å². The van der Waals surface area contributed by atoms with E-state index in [9.17, 15) is 0 Å². The van der Waals surface area contributed by atoms with Crippen molar-refractivity contribution in [2.75, 3.05) is 14.1 Å². The van der Waals surface area contributed by atoms with Gasteiger partial charge in [-0.05, 0) is 107 Å². The summed E-state index contributed by atoms with van der Waals surface area (Å²) in [5.74, 6) is 3.63. The molecule has 2 aromatic carbocycles. The van der Waals surface area contributed by atoms with Crippen LogP contribution in [0, 0.1) is 11.8 Å². The highest BCUT2D eigenvalue weighted by Crippen LogP contribution is 2.57. The van der Waals surface area contributed by atoms with Crippen molar-refractivity contribution in [2.24, 2.45) is 16.8 Å². The molecule has 0 N–H and O–H groups in total. The molecule has 70 heavy (non-hydrogen) atoms. The van der Waals surface area contributed by atoms with Crippen molar-refractivity contribution in [1.29, 1.82) is 0 Å². The molecule has 2 aromatic heterocycles. The second kappa shape index (κ2) is 18.0. The van der Waals surface area contributed by atoms with Gasteiger partial charge >= 0.3 is 0 Å². The predicted octanol–water partition coefficient (Wildman–Crippen LogP) is 12.6. The smallest absolute Gasteiger partial charge is 0.164 e. The average Bonchev–Trinajstić information content (AvgIpc) is 3.95. The Morgan fingerprint density at radius 2 is 1.51 bits per heavy atom. The molecule has 0 radical (unpaired) electrons. The van der Waals surface area contributed by atoms with Crippen LogP contribution in [0.2, 0.25) is 0 Å². The third-order valence-corrected chi connectivity index (χ3v) is 16.2. The molecule has 4 heterocycles. The van der Waals surface area contributed by atoms with Crippen LogP contribution in [0.15, 0.2) is 179 Å². The van der Waals surface area contributed by atoms with Gasteiger partial charge in [0.25, 0.3) is 0 Å². The maximum absolute atomic E-state index is 5.59. The van der Waals surface area contributed by atoms with Gasteiger partial charge in [0.2, 0.25) is 0 Å². The Balaban J connectivity index is 1.01. The lowest BCUT2D eigenvalue weighted by Gasteiger charge is -2.50. The van der Waals surface area contributed by atoms with Crippen LogP contribution in [0.5, 0.6) is 0 Å². The minimum Gasteiger partial charge on any atom is -0.356 e. The summed E-state index contributed by atoms with van der Waals surface area (Å²) in [6.45, 7) is 0. The van der Waals surface area contributed by atoms with E-state index in [0.29, 0.717) is 11.9 Å². The molecule has 13 rings (SSSR count). The largest absolute Gasteiger partial charge is 0.356 e. The number of rotatable bonds is 8. The molecule has 0 bridgehead atoms. The lowest BCUT2D eigenvalue weighted by Crippen LogP contribution is -2.59. The number of allylic oxidation sites excluding steroid dienone is 12. The summed E-state index contributed by atoms with van der Waals surface area (Å²) in [7, 11) is 4.51. The Morgan fingerprint density at radius 3 is 2.31 bits per heavy atom. The molecule has 0 saturated carbocycles. The highest BCUT2D eigenvalue weighted by Gasteiger charge is 2.50. The third-order valence-electron chi connectivity index (χ3n) is 16.2. The minimum atomic E-state index is -0.157. The number of nitrogens with zero attached hydrogens (tertiary/aromatic N) is 8. The van der Waals surface area contributed by atoms with E-state index in [0.717, 1.165) is 98.4 Å². The van der Waals surface area contributed by atoms with Gasteiger partial charge in [0.15, 0.2) is 17.5 Å². The minimum absolute atomic E-state index is 0.00330. The standard InChI is InChI=1S/C62H60N8/c1-67-60(43-26-12-5-13-27-43)66-61(44-28-14-6-15-29-44)68(2)62(67)45-36-38-53(50(40-45)59-64-57(41-22-8-3-9-23-41)63-58(65-59)42-24-10-4-11-25-42)70-51-34-20-18-32-47(51)48-37-39-54-55(56(48)70)49-33-19-21-35-52(49)69(54)46-30-16-7-17-31-46/h3,5-10,12-13,16-17,19-20,22-30,33-34,37,39-40,45-46,48,53,56,61-62H,4,11,14,18,21,31-32,35-36,38H2,1-2H3. The van der Waals surface area contributed by atoms with Crippen LogP contribution < -0.4 is 0 Å². The van der Waals surface area contributed by atoms with E-state index in [1.807, 2.05) is 0 Å². The zero-order valence-electron chi connectivity index (χ0n) is 40.3. The molecule has 2 aliphatic heterocycles. The molecule has 348 valence electrons. The van der Waals surface area contributed by atoms with Crippen molar-refractivity contribution in [3.8, 4) is 11.4 Å². The summed E-state index contributed by atoms with van der Waals surface area (Å²) < 4.78 is 2.71. The third kappa shape index (κ3) is 7.30. The van der Waals surface area contributed by atoms with Crippen molar-refractivity contribution in [1.82, 2.24) is 34.2 Å². The maximum atomic E-state index is 5.59. The van der Waals surface area contributed by atoms with E-state index in [2.05, 4.69) is 203 Å². The summed E-state index contributed by atoms with van der Waals surface area (Å²) >= 11 is 0. The number of fused-ring (bicyclic) bond motifs is 6. The van der Waals surface area contributed by atoms with Gasteiger partial charge in [-0.25, -0.2) is 19.9 Å². The number of likely N-dealkylation sites (N-methyl/N-ethyl adjacent to an activating group) is 1. The van der Waals surface area contributed by atoms with E-state index < -0.39 is 0 Å². The van der Waals surface area contributed by atoms with Crippen molar-refractivity contribution in [3.05, 3.63) is 214 Å². The second-order valence-electron chi connectivity index (χ2n) is 20.2. The fourth-order valence-corrected chi connectivity index (χ4v) is 13.1. The molecule has 7 aliphatic carbocycles. The zero-order chi connectivity index (χ0) is 46.7. The highest BCUT2D eigenvalue weighted by molar-refractivity contribution is 5.99. The monoisotopic (exact) mass is 916 g/mol. The van der Waals surface area contributed by atoms with Crippen LogP contribution in [-0.2, 0) is 6.42 Å². The molecular weight excluding hydrogens is 857 g/mol. The summed E-state index contributed by atoms with van der Waals surface area (Å²) in [5.41, 5.74) is 17.7. The molecule has 0 fully saturated rings. The molecule has 0 saturated heterocycles. The number of amidine groups is 1. The lowest BCUT2D eigenvalue weighted by atomic mass is 9.79. The van der Waals surface area contributed by atoms with E-state index in [1.165, 1.54) is 39.4 Å². The Hall–Kier alpha value is -7.12. The van der Waals surface area contributed by atoms with Crippen LogP contribution in [0.1, 0.15) is 110 Å². The van der Waals surface area contributed by atoms with Crippen LogP contribution in [0.3, 0.4) is 0 Å². The fourth-order valence-electron chi connectivity index (χ4n) is 13.1. The van der Waals surface area contributed by atoms with Gasteiger partial charge in [0.1, 0.15) is 12.0 Å². The Morgan fingerprint density at radius 1 is 0.714 bits per heavy atom. The van der Waals surface area contributed by atoms with E-state index in [-0.39, 0.29) is 36.3 Å². The van der Waals surface area contributed by atoms with Gasteiger partial charge in [-0.1, -0.05) is 140 Å². The summed E-state index contributed by atoms with van der Waals surface area (Å²) in [5, 5.41) is 0. The number of aromatic nitrogens is 4. The van der Waals surface area contributed by atoms with Crippen molar-refractivity contribution in [3.63, 3.8) is 0 Å². The van der Waals surface area contributed by atoms with Crippen molar-refractivity contribution < 1.29 is 0 Å². The molecule has 8 nitrogen and oxygen atoms in total. The molecule has 8 heteroatoms. The first-order chi connectivity index (χ1) is 34.6. The first kappa shape index (κ1) is 42.9. The van der Waals surface area contributed by atoms with Crippen LogP contribution >= 0.6 is 0 Å². The molecule has 0 amide bonds. The van der Waals surface area contributed by atoms with Gasteiger partial charge < -0.3 is 14.4 Å². The van der Waals surface area contributed by atoms with E-state index >= 15 is 0 Å². The van der Waals surface area contributed by atoms with Gasteiger partial charge in [0, 0.05) is 69.4 Å². The quantitative estimate of drug-likeness (QED) is 0.164. The molecule has 9 aliphatic rings. The van der Waals surface area contributed by atoms with Gasteiger partial charge in [-0.2, -0.15) is 0 Å².